The zero-order valence-corrected chi connectivity index (χ0v) is 13.2. The summed E-state index contributed by atoms with van der Waals surface area (Å²) in [5.74, 6) is -0.0542. The van der Waals surface area contributed by atoms with E-state index in [1.807, 2.05) is 25.1 Å². The van der Waals surface area contributed by atoms with Gasteiger partial charge in [0.05, 0.1) is 0 Å². The van der Waals surface area contributed by atoms with E-state index in [1.54, 1.807) is 17.2 Å². The van der Waals surface area contributed by atoms with E-state index in [0.717, 1.165) is 10.0 Å². The number of aromatic nitrogens is 1. The summed E-state index contributed by atoms with van der Waals surface area (Å²) >= 11 is 3.38. The van der Waals surface area contributed by atoms with E-state index in [4.69, 9.17) is 0 Å². The molecule has 0 aliphatic rings. The van der Waals surface area contributed by atoms with E-state index in [9.17, 15) is 4.79 Å². The topological polar surface area (TPSA) is 33.2 Å². The number of pyridine rings is 1. The van der Waals surface area contributed by atoms with Gasteiger partial charge < -0.3 is 4.90 Å². The fourth-order valence-electron chi connectivity index (χ4n) is 2.05. The Hall–Kier alpha value is -1.68. The number of hydrogen-bond donors (Lipinski definition) is 0. The Morgan fingerprint density at radius 1 is 1.30 bits per heavy atom. The van der Waals surface area contributed by atoms with E-state index in [1.165, 1.54) is 5.56 Å². The van der Waals surface area contributed by atoms with Gasteiger partial charge in [-0.2, -0.15) is 0 Å². The van der Waals surface area contributed by atoms with Crippen molar-refractivity contribution in [1.29, 1.82) is 0 Å². The minimum absolute atomic E-state index is 0.0542. The maximum atomic E-state index is 12.5. The van der Waals surface area contributed by atoms with Crippen molar-refractivity contribution >= 4 is 21.8 Å². The van der Waals surface area contributed by atoms with Gasteiger partial charge in [0.15, 0.2) is 0 Å². The first-order chi connectivity index (χ1) is 9.61. The maximum absolute atomic E-state index is 12.5. The monoisotopic (exact) mass is 332 g/mol. The smallest absolute Gasteiger partial charge is 0.273 e. The van der Waals surface area contributed by atoms with Gasteiger partial charge in [-0.3, -0.25) is 4.79 Å². The van der Waals surface area contributed by atoms with Crippen LogP contribution in [0.3, 0.4) is 0 Å². The van der Waals surface area contributed by atoms with Gasteiger partial charge in [-0.25, -0.2) is 4.98 Å². The van der Waals surface area contributed by atoms with Crippen molar-refractivity contribution in [3.05, 3.63) is 63.9 Å². The summed E-state index contributed by atoms with van der Waals surface area (Å²) in [4.78, 5) is 18.5. The largest absolute Gasteiger partial charge is 0.333 e. The van der Waals surface area contributed by atoms with Crippen molar-refractivity contribution in [2.24, 2.45) is 0 Å². The first-order valence-corrected chi connectivity index (χ1v) is 7.36. The normalized spacial score (nSPS) is 10.3. The molecule has 104 valence electrons. The molecule has 4 heteroatoms. The number of carbonyl (C=O) groups excluding carboxylic acids is 1. The SMILES string of the molecule is CCN(Cc1cccc(C)c1)C(=O)c1ncccc1Br. The minimum Gasteiger partial charge on any atom is -0.333 e. The Kier molecular flexibility index (Phi) is 4.90. The van der Waals surface area contributed by atoms with Gasteiger partial charge in [0.25, 0.3) is 5.91 Å². The molecule has 0 fully saturated rings. The van der Waals surface area contributed by atoms with Crippen LogP contribution < -0.4 is 0 Å². The molecule has 0 radical (unpaired) electrons. The highest BCUT2D eigenvalue weighted by molar-refractivity contribution is 9.10. The number of carbonyl (C=O) groups is 1. The summed E-state index contributed by atoms with van der Waals surface area (Å²) in [5.41, 5.74) is 2.79. The highest BCUT2D eigenvalue weighted by Crippen LogP contribution is 2.17. The molecule has 0 bridgehead atoms. The Bertz CT molecular complexity index is 613. The molecule has 0 saturated heterocycles. The Labute approximate surface area is 127 Å². The standard InChI is InChI=1S/C16H17BrN2O/c1-3-19(11-13-7-4-6-12(2)10-13)16(20)15-14(17)8-5-9-18-15/h4-10H,3,11H2,1-2H3. The summed E-state index contributed by atoms with van der Waals surface area (Å²) in [6.45, 7) is 5.28. The fourth-order valence-corrected chi connectivity index (χ4v) is 2.48. The number of halogens is 1. The number of aryl methyl sites for hydroxylation is 1. The molecular weight excluding hydrogens is 316 g/mol. The van der Waals surface area contributed by atoms with Crippen LogP contribution in [0.15, 0.2) is 47.1 Å². The van der Waals surface area contributed by atoms with Crippen LogP contribution in [0.25, 0.3) is 0 Å². The van der Waals surface area contributed by atoms with Crippen LogP contribution >= 0.6 is 15.9 Å². The molecular formula is C16H17BrN2O. The van der Waals surface area contributed by atoms with Gasteiger partial charge in [-0.15, -0.1) is 0 Å². The van der Waals surface area contributed by atoms with E-state index in [0.29, 0.717) is 18.8 Å². The minimum atomic E-state index is -0.0542. The third-order valence-corrected chi connectivity index (χ3v) is 3.73. The molecule has 2 rings (SSSR count). The molecule has 1 amide bonds. The van der Waals surface area contributed by atoms with E-state index in [2.05, 4.69) is 40.0 Å². The lowest BCUT2D eigenvalue weighted by Crippen LogP contribution is -2.31. The molecule has 0 saturated carbocycles. The second-order valence-electron chi connectivity index (χ2n) is 4.64. The zero-order valence-electron chi connectivity index (χ0n) is 11.6. The van der Waals surface area contributed by atoms with Gasteiger partial charge in [0, 0.05) is 23.8 Å². The average molecular weight is 333 g/mol. The van der Waals surface area contributed by atoms with Crippen molar-refractivity contribution < 1.29 is 4.79 Å². The number of benzene rings is 1. The predicted molar refractivity (Wildman–Crippen MR) is 83.5 cm³/mol. The number of nitrogens with zero attached hydrogens (tertiary/aromatic N) is 2. The lowest BCUT2D eigenvalue weighted by molar-refractivity contribution is 0.0745. The first kappa shape index (κ1) is 14.7. The molecule has 0 spiro atoms. The van der Waals surface area contributed by atoms with Crippen LogP contribution in [0.1, 0.15) is 28.5 Å². The average Bonchev–Trinajstić information content (AvgIpc) is 2.44. The summed E-state index contributed by atoms with van der Waals surface area (Å²) in [6, 6.07) is 11.8. The van der Waals surface area contributed by atoms with Crippen molar-refractivity contribution in [2.75, 3.05) is 6.54 Å². The van der Waals surface area contributed by atoms with E-state index in [-0.39, 0.29) is 5.91 Å². The first-order valence-electron chi connectivity index (χ1n) is 6.57. The molecule has 1 heterocycles. The van der Waals surface area contributed by atoms with Crippen LogP contribution in [0, 0.1) is 6.92 Å². The van der Waals surface area contributed by atoms with Crippen molar-refractivity contribution in [2.45, 2.75) is 20.4 Å². The number of hydrogen-bond acceptors (Lipinski definition) is 2. The molecule has 1 aromatic carbocycles. The van der Waals surface area contributed by atoms with Crippen LogP contribution in [0.4, 0.5) is 0 Å². The van der Waals surface area contributed by atoms with Crippen LogP contribution in [0.2, 0.25) is 0 Å². The maximum Gasteiger partial charge on any atom is 0.273 e. The molecule has 0 unspecified atom stereocenters. The van der Waals surface area contributed by atoms with Gasteiger partial charge in [-0.05, 0) is 47.5 Å². The number of rotatable bonds is 4. The zero-order chi connectivity index (χ0) is 14.5. The summed E-state index contributed by atoms with van der Waals surface area (Å²) in [5, 5.41) is 0. The summed E-state index contributed by atoms with van der Waals surface area (Å²) in [6.07, 6.45) is 1.64. The molecule has 20 heavy (non-hydrogen) atoms. The quantitative estimate of drug-likeness (QED) is 0.852. The molecule has 0 atom stereocenters. The highest BCUT2D eigenvalue weighted by Gasteiger charge is 2.18. The third kappa shape index (κ3) is 3.45. The molecule has 2 aromatic rings. The molecule has 3 nitrogen and oxygen atoms in total. The van der Waals surface area contributed by atoms with Gasteiger partial charge >= 0.3 is 0 Å². The molecule has 0 aliphatic heterocycles. The lowest BCUT2D eigenvalue weighted by atomic mass is 10.1. The van der Waals surface area contributed by atoms with E-state index < -0.39 is 0 Å². The van der Waals surface area contributed by atoms with Gasteiger partial charge in [0.2, 0.25) is 0 Å². The summed E-state index contributed by atoms with van der Waals surface area (Å²) in [7, 11) is 0. The molecule has 0 N–H and O–H groups in total. The van der Waals surface area contributed by atoms with Crippen molar-refractivity contribution in [1.82, 2.24) is 9.88 Å². The van der Waals surface area contributed by atoms with Gasteiger partial charge in [-0.1, -0.05) is 29.8 Å². The van der Waals surface area contributed by atoms with Crippen molar-refractivity contribution in [3.8, 4) is 0 Å². The molecule has 1 aromatic heterocycles. The lowest BCUT2D eigenvalue weighted by Gasteiger charge is -2.21. The van der Waals surface area contributed by atoms with Gasteiger partial charge in [0.1, 0.15) is 5.69 Å². The second kappa shape index (κ2) is 6.66. The fraction of sp³-hybridized carbons (Fsp3) is 0.250. The third-order valence-electron chi connectivity index (χ3n) is 3.09. The Morgan fingerprint density at radius 3 is 2.75 bits per heavy atom. The predicted octanol–water partition coefficient (Wildman–Crippen LogP) is 3.81. The number of amides is 1. The van der Waals surface area contributed by atoms with Crippen LogP contribution in [-0.2, 0) is 6.54 Å². The van der Waals surface area contributed by atoms with E-state index >= 15 is 0 Å². The Morgan fingerprint density at radius 2 is 2.10 bits per heavy atom. The molecule has 0 aliphatic carbocycles. The Balaban J connectivity index is 2.20. The second-order valence-corrected chi connectivity index (χ2v) is 5.50. The van der Waals surface area contributed by atoms with Crippen LogP contribution in [-0.4, -0.2) is 22.3 Å². The highest BCUT2D eigenvalue weighted by atomic mass is 79.9. The van der Waals surface area contributed by atoms with Crippen molar-refractivity contribution in [3.63, 3.8) is 0 Å². The van der Waals surface area contributed by atoms with Crippen LogP contribution in [0.5, 0.6) is 0 Å². The summed E-state index contributed by atoms with van der Waals surface area (Å²) < 4.78 is 0.729.